The van der Waals surface area contributed by atoms with Crippen LogP contribution in [0.3, 0.4) is 0 Å². The number of ether oxygens (including phenoxy) is 1. The van der Waals surface area contributed by atoms with Crippen LogP contribution in [-0.4, -0.2) is 41.2 Å². The van der Waals surface area contributed by atoms with Gasteiger partial charge in [0.05, 0.1) is 6.10 Å². The summed E-state index contributed by atoms with van der Waals surface area (Å²) in [6.45, 7) is 5.47. The largest absolute Gasteiger partial charge is 0.376 e. The van der Waals surface area contributed by atoms with Gasteiger partial charge in [-0.25, -0.2) is 9.97 Å². The van der Waals surface area contributed by atoms with E-state index in [1.165, 1.54) is 0 Å². The summed E-state index contributed by atoms with van der Waals surface area (Å²) in [6.07, 6.45) is 3.10. The van der Waals surface area contributed by atoms with Gasteiger partial charge in [-0.05, 0) is 26.2 Å². The molecule has 6 nitrogen and oxygen atoms in total. The van der Waals surface area contributed by atoms with E-state index in [9.17, 15) is 4.79 Å². The number of nitrogens with zero attached hydrogens (tertiary/aromatic N) is 2. The summed E-state index contributed by atoms with van der Waals surface area (Å²) in [4.78, 5) is 21.7. The van der Waals surface area contributed by atoms with Crippen molar-refractivity contribution in [2.45, 2.75) is 45.3 Å². The highest BCUT2D eigenvalue weighted by atomic mass is 16.5. The van der Waals surface area contributed by atoms with Gasteiger partial charge in [0.15, 0.2) is 5.82 Å². The Kier molecular flexibility index (Phi) is 6.17. The molecule has 1 saturated heterocycles. The lowest BCUT2D eigenvalue weighted by molar-refractivity contribution is 0.0853. The Morgan fingerprint density at radius 1 is 1.31 bits per heavy atom. The predicted molar refractivity (Wildman–Crippen MR) is 102 cm³/mol. The number of aromatic nitrogens is 2. The van der Waals surface area contributed by atoms with Gasteiger partial charge in [0.1, 0.15) is 11.5 Å². The monoisotopic (exact) mass is 354 g/mol. The molecular weight excluding hydrogens is 328 g/mol. The van der Waals surface area contributed by atoms with E-state index in [0.717, 1.165) is 31.4 Å². The molecule has 2 N–H and O–H groups in total. The quantitative estimate of drug-likeness (QED) is 0.798. The second kappa shape index (κ2) is 8.76. The zero-order valence-corrected chi connectivity index (χ0v) is 15.4. The van der Waals surface area contributed by atoms with Crippen LogP contribution in [0.1, 0.15) is 43.6 Å². The van der Waals surface area contributed by atoms with Crippen molar-refractivity contribution in [3.63, 3.8) is 0 Å². The summed E-state index contributed by atoms with van der Waals surface area (Å²) in [5, 5.41) is 6.27. The van der Waals surface area contributed by atoms with Crippen molar-refractivity contribution in [1.82, 2.24) is 15.3 Å². The highest BCUT2D eigenvalue weighted by Gasteiger charge is 2.18. The lowest BCUT2D eigenvalue weighted by atomic mass is 10.2. The van der Waals surface area contributed by atoms with Crippen molar-refractivity contribution in [3.05, 3.63) is 42.1 Å². The number of rotatable bonds is 7. The number of anilines is 1. The second-order valence-electron chi connectivity index (χ2n) is 6.63. The Morgan fingerprint density at radius 3 is 2.81 bits per heavy atom. The zero-order chi connectivity index (χ0) is 18.4. The first-order valence-corrected chi connectivity index (χ1v) is 9.26. The van der Waals surface area contributed by atoms with Crippen LogP contribution in [0.2, 0.25) is 0 Å². The highest BCUT2D eigenvalue weighted by molar-refractivity contribution is 5.93. The SMILES string of the molecule is CCC(C)Nc1cc(C(=O)NCC2CCCO2)nc(-c2ccccc2)n1. The zero-order valence-electron chi connectivity index (χ0n) is 15.4. The van der Waals surface area contributed by atoms with Gasteiger partial charge in [-0.2, -0.15) is 0 Å². The minimum Gasteiger partial charge on any atom is -0.376 e. The van der Waals surface area contributed by atoms with E-state index in [2.05, 4.69) is 34.4 Å². The van der Waals surface area contributed by atoms with Crippen molar-refractivity contribution < 1.29 is 9.53 Å². The van der Waals surface area contributed by atoms with Gasteiger partial charge in [0, 0.05) is 30.8 Å². The summed E-state index contributed by atoms with van der Waals surface area (Å²) in [6, 6.07) is 11.7. The normalized spacial score (nSPS) is 17.7. The fourth-order valence-corrected chi connectivity index (χ4v) is 2.81. The van der Waals surface area contributed by atoms with Crippen LogP contribution in [0.25, 0.3) is 11.4 Å². The minimum atomic E-state index is -0.202. The average Bonchev–Trinajstić information content (AvgIpc) is 3.20. The van der Waals surface area contributed by atoms with Crippen LogP contribution in [0.5, 0.6) is 0 Å². The Morgan fingerprint density at radius 2 is 2.12 bits per heavy atom. The van der Waals surface area contributed by atoms with Crippen molar-refractivity contribution >= 4 is 11.7 Å². The molecule has 1 amide bonds. The van der Waals surface area contributed by atoms with Gasteiger partial charge >= 0.3 is 0 Å². The van der Waals surface area contributed by atoms with Crippen LogP contribution < -0.4 is 10.6 Å². The molecule has 1 aliphatic heterocycles. The smallest absolute Gasteiger partial charge is 0.270 e. The number of amides is 1. The van der Waals surface area contributed by atoms with Gasteiger partial charge < -0.3 is 15.4 Å². The molecule has 2 atom stereocenters. The third-order valence-electron chi connectivity index (χ3n) is 4.51. The highest BCUT2D eigenvalue weighted by Crippen LogP contribution is 2.19. The van der Waals surface area contributed by atoms with Crippen LogP contribution in [-0.2, 0) is 4.74 Å². The van der Waals surface area contributed by atoms with Crippen molar-refractivity contribution in [2.75, 3.05) is 18.5 Å². The molecule has 0 aliphatic carbocycles. The summed E-state index contributed by atoms with van der Waals surface area (Å²) < 4.78 is 5.56. The standard InChI is InChI=1S/C20H26N4O2/c1-3-14(2)22-18-12-17(20(25)21-13-16-10-7-11-26-16)23-19(24-18)15-8-5-4-6-9-15/h4-6,8-9,12,14,16H,3,7,10-11,13H2,1-2H3,(H,21,25)(H,22,23,24). The molecule has 1 aromatic heterocycles. The maximum absolute atomic E-state index is 12.6. The van der Waals surface area contributed by atoms with E-state index in [4.69, 9.17) is 4.74 Å². The first-order valence-electron chi connectivity index (χ1n) is 9.26. The number of carbonyl (C=O) groups is 1. The number of hydrogen-bond acceptors (Lipinski definition) is 5. The molecule has 6 heteroatoms. The van der Waals surface area contributed by atoms with Crippen LogP contribution >= 0.6 is 0 Å². The molecule has 1 aliphatic rings. The van der Waals surface area contributed by atoms with Crippen LogP contribution in [0.4, 0.5) is 5.82 Å². The van der Waals surface area contributed by atoms with E-state index in [-0.39, 0.29) is 18.1 Å². The van der Waals surface area contributed by atoms with E-state index in [0.29, 0.717) is 23.9 Å². The Balaban J connectivity index is 1.82. The average molecular weight is 354 g/mol. The predicted octanol–water partition coefficient (Wildman–Crippen LogP) is 3.26. The molecule has 26 heavy (non-hydrogen) atoms. The van der Waals surface area contributed by atoms with E-state index in [1.807, 2.05) is 30.3 Å². The first kappa shape index (κ1) is 18.3. The maximum atomic E-state index is 12.6. The molecule has 2 heterocycles. The summed E-state index contributed by atoms with van der Waals surface area (Å²) in [5.41, 5.74) is 1.25. The minimum absolute atomic E-state index is 0.104. The molecule has 1 fully saturated rings. The molecule has 1 aromatic carbocycles. The summed E-state index contributed by atoms with van der Waals surface area (Å²) in [5.74, 6) is 1.00. The molecule has 0 saturated carbocycles. The number of benzene rings is 1. The third kappa shape index (κ3) is 4.79. The molecule has 138 valence electrons. The topological polar surface area (TPSA) is 76.1 Å². The number of carbonyl (C=O) groups excluding carboxylic acids is 1. The van der Waals surface area contributed by atoms with Crippen molar-refractivity contribution in [3.8, 4) is 11.4 Å². The molecule has 0 radical (unpaired) electrons. The number of nitrogens with one attached hydrogen (secondary N) is 2. The maximum Gasteiger partial charge on any atom is 0.270 e. The summed E-state index contributed by atoms with van der Waals surface area (Å²) >= 11 is 0. The van der Waals surface area contributed by atoms with Gasteiger partial charge in [0.25, 0.3) is 5.91 Å². The van der Waals surface area contributed by atoms with E-state index < -0.39 is 0 Å². The fraction of sp³-hybridized carbons (Fsp3) is 0.450. The summed E-state index contributed by atoms with van der Waals surface area (Å²) in [7, 11) is 0. The van der Waals surface area contributed by atoms with Crippen molar-refractivity contribution in [2.24, 2.45) is 0 Å². The van der Waals surface area contributed by atoms with Gasteiger partial charge in [0.2, 0.25) is 0 Å². The van der Waals surface area contributed by atoms with E-state index >= 15 is 0 Å². The van der Waals surface area contributed by atoms with E-state index in [1.54, 1.807) is 6.07 Å². The van der Waals surface area contributed by atoms with Gasteiger partial charge in [-0.3, -0.25) is 4.79 Å². The van der Waals surface area contributed by atoms with Crippen molar-refractivity contribution in [1.29, 1.82) is 0 Å². The van der Waals surface area contributed by atoms with Gasteiger partial charge in [-0.15, -0.1) is 0 Å². The molecule has 2 unspecified atom stereocenters. The number of hydrogen-bond donors (Lipinski definition) is 2. The fourth-order valence-electron chi connectivity index (χ4n) is 2.81. The lowest BCUT2D eigenvalue weighted by Crippen LogP contribution is -2.32. The van der Waals surface area contributed by atoms with Crippen LogP contribution in [0.15, 0.2) is 36.4 Å². The Bertz CT molecular complexity index is 730. The molecule has 2 aromatic rings. The van der Waals surface area contributed by atoms with Gasteiger partial charge in [-0.1, -0.05) is 37.3 Å². The third-order valence-corrected chi connectivity index (χ3v) is 4.51. The Labute approximate surface area is 154 Å². The Hall–Kier alpha value is -2.47. The molecule has 0 spiro atoms. The molecule has 0 bridgehead atoms. The lowest BCUT2D eigenvalue weighted by Gasteiger charge is -2.15. The molecular formula is C20H26N4O2. The van der Waals surface area contributed by atoms with Crippen LogP contribution in [0, 0.1) is 0 Å². The molecule has 3 rings (SSSR count). The first-order chi connectivity index (χ1) is 12.7. The second-order valence-corrected chi connectivity index (χ2v) is 6.63.